The van der Waals surface area contributed by atoms with Crippen molar-refractivity contribution in [2.45, 2.75) is 56.1 Å². The number of cyclic esters (lactones) is 1. The van der Waals surface area contributed by atoms with Crippen LogP contribution in [0.15, 0.2) is 53.0 Å². The van der Waals surface area contributed by atoms with Gasteiger partial charge in [-0.1, -0.05) is 58.4 Å². The molecular formula is C34H43BrN4O8. The standard InChI is InChI=1S/C34H43BrN4O8/c1-22-20-36-26(41)10-6-3-7-11-38(13-12-37-14-16-45-17-15-37)32(43)30-34-19-25(35)29(47-34)27(33(44)46-22)28(34)31(42)39(30)24(21-40)18-23-8-4-2-5-9-23/h2-5,7-9,19,22,24,27-30,40H,6,10-18,20-21H2,1H3,(H,36,41)/b7-3-/t22-,24+,27+,28-,29+,30+,34-/m0/s1. The van der Waals surface area contributed by atoms with Gasteiger partial charge in [-0.05, 0) is 31.4 Å². The highest BCUT2D eigenvalue weighted by Crippen LogP contribution is 2.59. The lowest BCUT2D eigenvalue weighted by molar-refractivity contribution is -0.159. The maximum Gasteiger partial charge on any atom is 0.313 e. The number of morpholine rings is 1. The summed E-state index contributed by atoms with van der Waals surface area (Å²) < 4.78 is 18.5. The molecule has 1 aromatic carbocycles. The number of esters is 1. The van der Waals surface area contributed by atoms with E-state index in [9.17, 15) is 24.3 Å². The molecule has 2 N–H and O–H groups in total. The molecule has 5 aliphatic heterocycles. The minimum Gasteiger partial charge on any atom is -0.460 e. The van der Waals surface area contributed by atoms with Crippen molar-refractivity contribution in [1.29, 1.82) is 0 Å². The number of aliphatic hydroxyl groups is 1. The number of rotatable bonds is 7. The summed E-state index contributed by atoms with van der Waals surface area (Å²) in [5.41, 5.74) is -0.548. The van der Waals surface area contributed by atoms with Crippen molar-refractivity contribution < 1.29 is 38.5 Å². The molecule has 47 heavy (non-hydrogen) atoms. The first kappa shape index (κ1) is 33.8. The molecule has 13 heteroatoms. The molecule has 0 saturated carbocycles. The van der Waals surface area contributed by atoms with Gasteiger partial charge in [0.2, 0.25) is 17.7 Å². The van der Waals surface area contributed by atoms with E-state index in [2.05, 4.69) is 26.1 Å². The molecule has 5 heterocycles. The van der Waals surface area contributed by atoms with Gasteiger partial charge in [0.25, 0.3) is 0 Å². The van der Waals surface area contributed by atoms with Crippen molar-refractivity contribution in [3.63, 3.8) is 0 Å². The van der Waals surface area contributed by atoms with Crippen LogP contribution in [0, 0.1) is 11.8 Å². The second-order valence-corrected chi connectivity index (χ2v) is 13.8. The van der Waals surface area contributed by atoms with E-state index in [1.807, 2.05) is 42.5 Å². The Morgan fingerprint density at radius 2 is 1.83 bits per heavy atom. The smallest absolute Gasteiger partial charge is 0.313 e. The van der Waals surface area contributed by atoms with Crippen LogP contribution in [0.1, 0.15) is 25.3 Å². The fraction of sp³-hybridized carbons (Fsp3) is 0.588. The van der Waals surface area contributed by atoms with E-state index in [0.29, 0.717) is 43.6 Å². The third kappa shape index (κ3) is 6.78. The maximum absolute atomic E-state index is 15.0. The lowest BCUT2D eigenvalue weighted by Gasteiger charge is -2.39. The van der Waals surface area contributed by atoms with Gasteiger partial charge in [-0.3, -0.25) is 24.1 Å². The van der Waals surface area contributed by atoms with Gasteiger partial charge >= 0.3 is 5.97 Å². The third-order valence-electron chi connectivity index (χ3n) is 9.82. The number of amides is 3. The van der Waals surface area contributed by atoms with E-state index in [0.717, 1.165) is 18.7 Å². The Morgan fingerprint density at radius 3 is 2.57 bits per heavy atom. The van der Waals surface area contributed by atoms with E-state index in [1.165, 1.54) is 4.90 Å². The quantitative estimate of drug-likeness (QED) is 0.313. The van der Waals surface area contributed by atoms with Crippen molar-refractivity contribution in [2.24, 2.45) is 11.8 Å². The lowest BCUT2D eigenvalue weighted by Crippen LogP contribution is -2.59. The fourth-order valence-corrected chi connectivity index (χ4v) is 8.22. The number of hydrogen-bond donors (Lipinski definition) is 2. The van der Waals surface area contributed by atoms with Crippen LogP contribution < -0.4 is 5.32 Å². The van der Waals surface area contributed by atoms with Crippen LogP contribution in [-0.4, -0.2) is 132 Å². The Kier molecular flexibility index (Phi) is 10.5. The summed E-state index contributed by atoms with van der Waals surface area (Å²) in [5.74, 6) is -3.61. The zero-order valence-electron chi connectivity index (χ0n) is 26.6. The number of allylic oxidation sites excluding steroid dienone is 1. The largest absolute Gasteiger partial charge is 0.460 e. The SMILES string of the molecule is C[C@H]1CNC(=O)CC/C=C\CN(CCN2CCOCC2)C(=O)[C@H]2N([C@@H](CO)Cc3ccccc3)C(=O)[C@@H]3[C@@H](C(=O)O1)[C@@H]1O[C@@]32C=C1Br. The lowest BCUT2D eigenvalue weighted by atomic mass is 9.74. The highest BCUT2D eigenvalue weighted by atomic mass is 79.9. The minimum absolute atomic E-state index is 0.125. The molecule has 254 valence electrons. The van der Waals surface area contributed by atoms with Gasteiger partial charge in [0, 0.05) is 43.6 Å². The molecule has 1 spiro atoms. The Bertz CT molecular complexity index is 1400. The Labute approximate surface area is 283 Å². The summed E-state index contributed by atoms with van der Waals surface area (Å²) >= 11 is 3.58. The number of hydrogen-bond acceptors (Lipinski definition) is 9. The van der Waals surface area contributed by atoms with Crippen LogP contribution in [-0.2, 0) is 39.8 Å². The molecular weight excluding hydrogens is 672 g/mol. The maximum atomic E-state index is 15.0. The van der Waals surface area contributed by atoms with Crippen molar-refractivity contribution in [3.8, 4) is 0 Å². The molecule has 0 radical (unpaired) electrons. The number of nitrogens with one attached hydrogen (secondary N) is 1. The predicted molar refractivity (Wildman–Crippen MR) is 174 cm³/mol. The molecule has 6 rings (SSSR count). The summed E-state index contributed by atoms with van der Waals surface area (Å²) in [5, 5.41) is 13.6. The average Bonchev–Trinajstić information content (AvgIpc) is 3.67. The number of carbonyl (C=O) groups excluding carboxylic acids is 4. The number of likely N-dealkylation sites (tertiary alicyclic amines) is 1. The van der Waals surface area contributed by atoms with Crippen molar-refractivity contribution in [3.05, 3.63) is 58.6 Å². The van der Waals surface area contributed by atoms with Crippen molar-refractivity contribution >= 4 is 39.6 Å². The minimum atomic E-state index is -1.45. The number of benzene rings is 1. The molecule has 3 saturated heterocycles. The van der Waals surface area contributed by atoms with E-state index in [1.54, 1.807) is 17.9 Å². The van der Waals surface area contributed by atoms with Crippen molar-refractivity contribution in [1.82, 2.24) is 20.0 Å². The topological polar surface area (TPSA) is 138 Å². The second kappa shape index (κ2) is 14.6. The van der Waals surface area contributed by atoms with Crippen LogP contribution in [0.5, 0.6) is 0 Å². The number of halogens is 1. The van der Waals surface area contributed by atoms with E-state index < -0.39 is 53.6 Å². The van der Waals surface area contributed by atoms with Crippen LogP contribution >= 0.6 is 15.9 Å². The van der Waals surface area contributed by atoms with Crippen LogP contribution in [0.2, 0.25) is 0 Å². The van der Waals surface area contributed by atoms with Gasteiger partial charge in [-0.15, -0.1) is 0 Å². The molecule has 0 aromatic heterocycles. The van der Waals surface area contributed by atoms with E-state index in [-0.39, 0.29) is 37.9 Å². The molecule has 0 aliphatic carbocycles. The molecule has 3 amide bonds. The van der Waals surface area contributed by atoms with Crippen molar-refractivity contribution in [2.75, 3.05) is 59.1 Å². The summed E-state index contributed by atoms with van der Waals surface area (Å²) in [6.07, 6.45) is 5.10. The Balaban J connectivity index is 1.41. The van der Waals surface area contributed by atoms with Gasteiger partial charge in [0.1, 0.15) is 29.8 Å². The highest BCUT2D eigenvalue weighted by molar-refractivity contribution is 9.11. The molecule has 5 bridgehead atoms. The highest BCUT2D eigenvalue weighted by Gasteiger charge is 2.75. The molecule has 12 nitrogen and oxygen atoms in total. The normalized spacial score (nSPS) is 33.3. The van der Waals surface area contributed by atoms with Crippen LogP contribution in [0.4, 0.5) is 0 Å². The molecule has 0 unspecified atom stereocenters. The van der Waals surface area contributed by atoms with Gasteiger partial charge in [-0.2, -0.15) is 0 Å². The monoisotopic (exact) mass is 714 g/mol. The van der Waals surface area contributed by atoms with E-state index in [4.69, 9.17) is 14.2 Å². The Morgan fingerprint density at radius 1 is 1.06 bits per heavy atom. The van der Waals surface area contributed by atoms with Gasteiger partial charge in [0.15, 0.2) is 0 Å². The van der Waals surface area contributed by atoms with E-state index >= 15 is 0 Å². The third-order valence-corrected chi connectivity index (χ3v) is 10.5. The van der Waals surface area contributed by atoms with Crippen LogP contribution in [0.3, 0.4) is 0 Å². The van der Waals surface area contributed by atoms with Gasteiger partial charge in [0.05, 0.1) is 38.3 Å². The number of carbonyl (C=O) groups is 4. The fourth-order valence-electron chi connectivity index (χ4n) is 7.49. The Hall–Kier alpha value is -3.10. The van der Waals surface area contributed by atoms with Gasteiger partial charge in [-0.25, -0.2) is 0 Å². The first-order valence-corrected chi connectivity index (χ1v) is 17.3. The summed E-state index contributed by atoms with van der Waals surface area (Å²) in [7, 11) is 0. The summed E-state index contributed by atoms with van der Waals surface area (Å²) in [6, 6.07) is 7.63. The molecule has 5 aliphatic rings. The molecule has 3 fully saturated rings. The molecule has 7 atom stereocenters. The number of ether oxygens (including phenoxy) is 3. The predicted octanol–water partition coefficient (Wildman–Crippen LogP) is 1.02. The zero-order chi connectivity index (χ0) is 33.1. The summed E-state index contributed by atoms with van der Waals surface area (Å²) in [4.78, 5) is 61.4. The van der Waals surface area contributed by atoms with Crippen LogP contribution in [0.25, 0.3) is 0 Å². The second-order valence-electron chi connectivity index (χ2n) is 12.9. The first-order valence-electron chi connectivity index (χ1n) is 16.5. The summed E-state index contributed by atoms with van der Waals surface area (Å²) in [6.45, 7) is 5.39. The van der Waals surface area contributed by atoms with Gasteiger partial charge < -0.3 is 34.4 Å². The number of aliphatic hydroxyl groups excluding tert-OH is 1. The number of fused-ring (bicyclic) bond motifs is 2. The number of nitrogens with zero attached hydrogens (tertiary/aromatic N) is 3. The first-order chi connectivity index (χ1) is 22.7. The zero-order valence-corrected chi connectivity index (χ0v) is 28.2. The average molecular weight is 716 g/mol. The molecule has 1 aromatic rings.